The Bertz CT molecular complexity index is 475. The Morgan fingerprint density at radius 1 is 1.28 bits per heavy atom. The second-order valence-corrected chi connectivity index (χ2v) is 3.70. The predicted molar refractivity (Wildman–Crippen MR) is 62.6 cm³/mol. The third-order valence-electron chi connectivity index (χ3n) is 2.73. The number of aldehydes is 1. The topological polar surface area (TPSA) is 85.5 Å². The van der Waals surface area contributed by atoms with Crippen LogP contribution in [0.3, 0.4) is 0 Å². The maximum Gasteiger partial charge on any atom is 0.354 e. The van der Waals surface area contributed by atoms with E-state index < -0.39 is 5.97 Å². The van der Waals surface area contributed by atoms with Crippen molar-refractivity contribution in [2.75, 3.05) is 14.2 Å². The van der Waals surface area contributed by atoms with Gasteiger partial charge in [0.15, 0.2) is 6.29 Å². The molecule has 1 aromatic rings. The number of methoxy groups -OCH3 is 2. The quantitative estimate of drug-likeness (QED) is 0.625. The molecule has 1 aromatic heterocycles. The van der Waals surface area contributed by atoms with E-state index in [1.165, 1.54) is 14.2 Å². The smallest absolute Gasteiger partial charge is 0.354 e. The molecule has 98 valence electrons. The third kappa shape index (κ3) is 2.77. The van der Waals surface area contributed by atoms with Crippen molar-refractivity contribution in [1.82, 2.24) is 4.98 Å². The predicted octanol–water partition coefficient (Wildman–Crippen LogP) is 1.03. The minimum absolute atomic E-state index is 0.149. The summed E-state index contributed by atoms with van der Waals surface area (Å²) >= 11 is 0. The van der Waals surface area contributed by atoms with Gasteiger partial charge in [0.1, 0.15) is 5.69 Å². The number of rotatable bonds is 5. The number of hydrogen-bond donors (Lipinski definition) is 1. The van der Waals surface area contributed by atoms with Gasteiger partial charge in [0.05, 0.1) is 19.9 Å². The number of esters is 2. The number of nitrogens with one attached hydrogen (secondary N) is 1. The van der Waals surface area contributed by atoms with Gasteiger partial charge in [-0.05, 0) is 24.5 Å². The van der Waals surface area contributed by atoms with Gasteiger partial charge in [-0.3, -0.25) is 9.59 Å². The summed E-state index contributed by atoms with van der Waals surface area (Å²) in [5, 5.41) is 0. The van der Waals surface area contributed by atoms with Gasteiger partial charge in [-0.1, -0.05) is 0 Å². The summed E-state index contributed by atoms with van der Waals surface area (Å²) in [4.78, 5) is 36.1. The molecule has 1 heterocycles. The van der Waals surface area contributed by atoms with Gasteiger partial charge < -0.3 is 14.5 Å². The zero-order valence-corrected chi connectivity index (χ0v) is 10.5. The Hall–Kier alpha value is -2.11. The minimum atomic E-state index is -0.542. The number of aromatic amines is 1. The van der Waals surface area contributed by atoms with E-state index in [1.807, 2.05) is 0 Å². The molecule has 1 rings (SSSR count). The van der Waals surface area contributed by atoms with E-state index in [2.05, 4.69) is 14.5 Å². The van der Waals surface area contributed by atoms with E-state index >= 15 is 0 Å². The van der Waals surface area contributed by atoms with Crippen molar-refractivity contribution in [2.45, 2.75) is 19.8 Å². The number of aromatic nitrogens is 1. The van der Waals surface area contributed by atoms with Gasteiger partial charge in [0.2, 0.25) is 0 Å². The zero-order valence-electron chi connectivity index (χ0n) is 10.5. The van der Waals surface area contributed by atoms with E-state index in [0.29, 0.717) is 23.8 Å². The number of hydrogen-bond acceptors (Lipinski definition) is 5. The van der Waals surface area contributed by atoms with Crippen molar-refractivity contribution in [3.8, 4) is 0 Å². The summed E-state index contributed by atoms with van der Waals surface area (Å²) in [6.07, 6.45) is 1.10. The van der Waals surface area contributed by atoms with Crippen LogP contribution in [0, 0.1) is 6.92 Å². The molecule has 0 aliphatic rings. The fourth-order valence-corrected chi connectivity index (χ4v) is 1.71. The fraction of sp³-hybridized carbons (Fsp3) is 0.417. The molecule has 18 heavy (non-hydrogen) atoms. The van der Waals surface area contributed by atoms with Crippen LogP contribution in [0.4, 0.5) is 0 Å². The summed E-state index contributed by atoms with van der Waals surface area (Å²) in [5.41, 5.74) is 1.78. The summed E-state index contributed by atoms with van der Waals surface area (Å²) < 4.78 is 9.13. The highest BCUT2D eigenvalue weighted by Crippen LogP contribution is 2.19. The van der Waals surface area contributed by atoms with Crippen LogP contribution in [0.2, 0.25) is 0 Å². The normalized spacial score (nSPS) is 9.94. The van der Waals surface area contributed by atoms with Gasteiger partial charge in [0.25, 0.3) is 0 Å². The monoisotopic (exact) mass is 253 g/mol. The van der Waals surface area contributed by atoms with Gasteiger partial charge in [0, 0.05) is 6.42 Å². The lowest BCUT2D eigenvalue weighted by Crippen LogP contribution is -2.05. The highest BCUT2D eigenvalue weighted by molar-refractivity contribution is 5.92. The summed E-state index contributed by atoms with van der Waals surface area (Å²) in [7, 11) is 2.56. The standard InChI is InChI=1S/C12H15NO5/c1-7-8(4-5-10(15)17-2)9(6-14)13-11(7)12(16)18-3/h6,13H,4-5H2,1-3H3. The van der Waals surface area contributed by atoms with E-state index in [-0.39, 0.29) is 23.8 Å². The van der Waals surface area contributed by atoms with Gasteiger partial charge >= 0.3 is 11.9 Å². The van der Waals surface area contributed by atoms with Crippen molar-refractivity contribution >= 4 is 18.2 Å². The van der Waals surface area contributed by atoms with E-state index in [1.54, 1.807) is 6.92 Å². The lowest BCUT2D eigenvalue weighted by Gasteiger charge is -2.01. The minimum Gasteiger partial charge on any atom is -0.469 e. The fourth-order valence-electron chi connectivity index (χ4n) is 1.71. The first-order valence-corrected chi connectivity index (χ1v) is 5.36. The van der Waals surface area contributed by atoms with Gasteiger partial charge in [-0.2, -0.15) is 0 Å². The maximum absolute atomic E-state index is 11.4. The van der Waals surface area contributed by atoms with E-state index in [0.717, 1.165) is 0 Å². The van der Waals surface area contributed by atoms with Gasteiger partial charge in [-0.15, -0.1) is 0 Å². The third-order valence-corrected chi connectivity index (χ3v) is 2.73. The lowest BCUT2D eigenvalue weighted by molar-refractivity contribution is -0.140. The molecule has 0 radical (unpaired) electrons. The van der Waals surface area contributed by atoms with Gasteiger partial charge in [-0.25, -0.2) is 4.79 Å². The molecule has 0 saturated heterocycles. The highest BCUT2D eigenvalue weighted by atomic mass is 16.5. The van der Waals surface area contributed by atoms with Crippen LogP contribution >= 0.6 is 0 Å². The molecule has 6 heteroatoms. The van der Waals surface area contributed by atoms with Crippen molar-refractivity contribution in [3.05, 3.63) is 22.5 Å². The van der Waals surface area contributed by atoms with Crippen molar-refractivity contribution in [3.63, 3.8) is 0 Å². The molecule has 0 atom stereocenters. The zero-order chi connectivity index (χ0) is 13.7. The first-order chi connectivity index (χ1) is 8.54. The van der Waals surface area contributed by atoms with E-state index in [4.69, 9.17) is 0 Å². The molecule has 0 aliphatic carbocycles. The second-order valence-electron chi connectivity index (χ2n) is 3.70. The van der Waals surface area contributed by atoms with Crippen molar-refractivity contribution < 1.29 is 23.9 Å². The SMILES string of the molecule is COC(=O)CCc1c(C=O)[nH]c(C(=O)OC)c1C. The average molecular weight is 253 g/mol. The summed E-state index contributed by atoms with van der Waals surface area (Å²) in [5.74, 6) is -0.910. The van der Waals surface area contributed by atoms with Crippen LogP contribution in [0.25, 0.3) is 0 Å². The molecule has 0 spiro atoms. The molecule has 6 nitrogen and oxygen atoms in total. The lowest BCUT2D eigenvalue weighted by atomic mass is 10.0. The summed E-state index contributed by atoms with van der Waals surface area (Å²) in [6, 6.07) is 0. The Balaban J connectivity index is 3.02. The van der Waals surface area contributed by atoms with Crippen LogP contribution in [-0.2, 0) is 20.7 Å². The molecule has 0 amide bonds. The molecule has 1 N–H and O–H groups in total. The first kappa shape index (κ1) is 14.0. The Morgan fingerprint density at radius 2 is 1.94 bits per heavy atom. The van der Waals surface area contributed by atoms with Crippen LogP contribution in [-0.4, -0.2) is 37.4 Å². The first-order valence-electron chi connectivity index (χ1n) is 5.36. The molecule has 0 fully saturated rings. The van der Waals surface area contributed by atoms with Crippen molar-refractivity contribution in [2.24, 2.45) is 0 Å². The average Bonchev–Trinajstić information content (AvgIpc) is 2.71. The molecule has 0 bridgehead atoms. The number of carbonyl (C=O) groups is 3. The van der Waals surface area contributed by atoms with Crippen LogP contribution in [0.1, 0.15) is 38.5 Å². The molecule has 0 unspecified atom stereocenters. The van der Waals surface area contributed by atoms with Crippen LogP contribution < -0.4 is 0 Å². The van der Waals surface area contributed by atoms with Crippen LogP contribution in [0.5, 0.6) is 0 Å². The molecular formula is C12H15NO5. The Labute approximate surface area is 104 Å². The van der Waals surface area contributed by atoms with Crippen LogP contribution in [0.15, 0.2) is 0 Å². The second kappa shape index (κ2) is 6.00. The number of ether oxygens (including phenoxy) is 2. The molecule has 0 saturated carbocycles. The Morgan fingerprint density at radius 3 is 2.44 bits per heavy atom. The summed E-state index contributed by atoms with van der Waals surface area (Å²) in [6.45, 7) is 1.70. The van der Waals surface area contributed by atoms with Crippen molar-refractivity contribution in [1.29, 1.82) is 0 Å². The number of carbonyl (C=O) groups excluding carboxylic acids is 3. The Kier molecular flexibility index (Phi) is 4.65. The highest BCUT2D eigenvalue weighted by Gasteiger charge is 2.19. The van der Waals surface area contributed by atoms with E-state index in [9.17, 15) is 14.4 Å². The maximum atomic E-state index is 11.4. The molecule has 0 aromatic carbocycles. The number of H-pyrrole nitrogens is 1. The molecular weight excluding hydrogens is 238 g/mol. The molecule has 0 aliphatic heterocycles. The largest absolute Gasteiger partial charge is 0.469 e.